The lowest BCUT2D eigenvalue weighted by atomic mass is 10.0. The molecule has 0 atom stereocenters. The van der Waals surface area contributed by atoms with E-state index in [1.165, 1.54) is 24.3 Å². The summed E-state index contributed by atoms with van der Waals surface area (Å²) in [6.45, 7) is 0. The van der Waals surface area contributed by atoms with Crippen molar-refractivity contribution in [2.45, 2.75) is 0 Å². The summed E-state index contributed by atoms with van der Waals surface area (Å²) in [4.78, 5) is 25.6. The van der Waals surface area contributed by atoms with Gasteiger partial charge in [-0.25, -0.2) is 9.59 Å². The molecule has 0 radical (unpaired) electrons. The minimum Gasteiger partial charge on any atom is -0.504 e. The molecule has 0 aliphatic carbocycles. The molecule has 0 saturated carbocycles. The molecule has 4 N–H and O–H groups in total. The van der Waals surface area contributed by atoms with Crippen LogP contribution in [0.1, 0.15) is 20.7 Å². The fourth-order valence-electron chi connectivity index (χ4n) is 3.83. The van der Waals surface area contributed by atoms with Crippen LogP contribution < -0.4 is 9.47 Å². The van der Waals surface area contributed by atoms with Crippen LogP contribution in [0.4, 0.5) is 0 Å². The number of phenolic OH excluding ortho intramolecular Hbond substituents is 4. The van der Waals surface area contributed by atoms with E-state index in [0.29, 0.717) is 31.6 Å². The average molecular weight is 551 g/mol. The number of benzene rings is 5. The first kappa shape index (κ1) is 25.0. The van der Waals surface area contributed by atoms with E-state index in [0.717, 1.165) is 24.3 Å². The lowest BCUT2D eigenvalue weighted by molar-refractivity contribution is 0.0722. The third-order valence-corrected chi connectivity index (χ3v) is 6.48. The number of hydrogen-bond acceptors (Lipinski definition) is 8. The number of fused-ring (bicyclic) bond motifs is 2. The minimum absolute atomic E-state index is 0.00768. The highest BCUT2D eigenvalue weighted by Gasteiger charge is 2.19. The first-order chi connectivity index (χ1) is 18.1. The number of carbonyl (C=O) groups is 2. The van der Waals surface area contributed by atoms with Gasteiger partial charge in [0.05, 0.1) is 21.2 Å². The lowest BCUT2D eigenvalue weighted by Gasteiger charge is -2.14. The Bertz CT molecular complexity index is 1650. The molecule has 0 aromatic heterocycles. The van der Waals surface area contributed by atoms with Crippen LogP contribution in [0.15, 0.2) is 72.8 Å². The van der Waals surface area contributed by atoms with Gasteiger partial charge >= 0.3 is 11.9 Å². The van der Waals surface area contributed by atoms with Crippen LogP contribution in [-0.2, 0) is 0 Å². The molecule has 38 heavy (non-hydrogen) atoms. The third kappa shape index (κ3) is 4.70. The normalized spacial score (nSPS) is 11.0. The lowest BCUT2D eigenvalue weighted by Crippen LogP contribution is -2.10. The highest BCUT2D eigenvalue weighted by atomic mass is 35.5. The van der Waals surface area contributed by atoms with Gasteiger partial charge in [0.25, 0.3) is 0 Å². The van der Waals surface area contributed by atoms with Crippen LogP contribution >= 0.6 is 23.2 Å². The van der Waals surface area contributed by atoms with Crippen molar-refractivity contribution in [1.82, 2.24) is 0 Å². The number of hydrogen-bond donors (Lipinski definition) is 4. The number of carbonyl (C=O) groups excluding carboxylic acids is 2. The van der Waals surface area contributed by atoms with Gasteiger partial charge in [0.1, 0.15) is 11.5 Å². The molecule has 0 amide bonds. The highest BCUT2D eigenvalue weighted by Crippen LogP contribution is 2.39. The number of rotatable bonds is 4. The third-order valence-electron chi connectivity index (χ3n) is 5.76. The number of aromatic hydroxyl groups is 4. The fraction of sp³-hybridized carbons (Fsp3) is 0. The summed E-state index contributed by atoms with van der Waals surface area (Å²) in [7, 11) is 0. The standard InChI is InChI=1S/C28H16Cl2O8/c29-19-9-15-7-17-18(8-16(15)10-20(19)30)26(38-28(36)14-2-4-22(32)24(34)12-14)6-5-25(17)37-27(35)13-1-3-21(31)23(33)11-13/h1-12,31-34H. The predicted octanol–water partition coefficient (Wildman–Crippen LogP) is 6.56. The summed E-state index contributed by atoms with van der Waals surface area (Å²) in [6, 6.07) is 16.6. The topological polar surface area (TPSA) is 134 Å². The SMILES string of the molecule is O=C(Oc1ccc(OC(=O)c2ccc(O)c(O)c2)c2cc3cc(Cl)c(Cl)cc3cc12)c1ccc(O)c(O)c1. The van der Waals surface area contributed by atoms with Gasteiger partial charge < -0.3 is 29.9 Å². The Hall–Kier alpha value is -4.66. The molecule has 8 nitrogen and oxygen atoms in total. The quantitative estimate of drug-likeness (QED) is 0.0854. The molecule has 5 aromatic carbocycles. The van der Waals surface area contributed by atoms with Crippen molar-refractivity contribution in [3.63, 3.8) is 0 Å². The van der Waals surface area contributed by atoms with E-state index in [4.69, 9.17) is 32.7 Å². The Morgan fingerprint density at radius 3 is 1.29 bits per heavy atom. The number of halogens is 2. The van der Waals surface area contributed by atoms with Gasteiger partial charge in [0, 0.05) is 10.8 Å². The molecular formula is C28H16Cl2O8. The van der Waals surface area contributed by atoms with E-state index in [9.17, 15) is 30.0 Å². The van der Waals surface area contributed by atoms with Crippen molar-refractivity contribution in [2.75, 3.05) is 0 Å². The van der Waals surface area contributed by atoms with Gasteiger partial charge in [-0.15, -0.1) is 0 Å². The zero-order valence-electron chi connectivity index (χ0n) is 19.1. The molecule has 190 valence electrons. The minimum atomic E-state index is -0.805. The monoisotopic (exact) mass is 550 g/mol. The molecular weight excluding hydrogens is 535 g/mol. The second kappa shape index (κ2) is 9.66. The van der Waals surface area contributed by atoms with Gasteiger partial charge in [-0.1, -0.05) is 23.2 Å². The van der Waals surface area contributed by atoms with Crippen molar-refractivity contribution in [3.05, 3.63) is 94.0 Å². The smallest absolute Gasteiger partial charge is 0.343 e. The van der Waals surface area contributed by atoms with Crippen molar-refractivity contribution in [3.8, 4) is 34.5 Å². The fourth-order valence-corrected chi connectivity index (χ4v) is 4.17. The molecule has 5 aromatic rings. The van der Waals surface area contributed by atoms with Crippen molar-refractivity contribution in [2.24, 2.45) is 0 Å². The van der Waals surface area contributed by atoms with Crippen molar-refractivity contribution >= 4 is 56.7 Å². The maximum Gasteiger partial charge on any atom is 0.343 e. The maximum absolute atomic E-state index is 12.8. The molecule has 0 bridgehead atoms. The second-order valence-electron chi connectivity index (χ2n) is 8.26. The van der Waals surface area contributed by atoms with Gasteiger partial charge in [-0.3, -0.25) is 0 Å². The van der Waals surface area contributed by atoms with Gasteiger partial charge in [0.15, 0.2) is 23.0 Å². The van der Waals surface area contributed by atoms with Crippen LogP contribution in [0.25, 0.3) is 21.5 Å². The summed E-state index contributed by atoms with van der Waals surface area (Å²) >= 11 is 12.4. The van der Waals surface area contributed by atoms with E-state index in [1.807, 2.05) is 0 Å². The second-order valence-corrected chi connectivity index (χ2v) is 9.07. The number of esters is 2. The largest absolute Gasteiger partial charge is 0.504 e. The number of phenols is 4. The van der Waals surface area contributed by atoms with E-state index < -0.39 is 23.4 Å². The molecule has 0 fully saturated rings. The van der Waals surface area contributed by atoms with Gasteiger partial charge in [-0.05, 0) is 83.6 Å². The Labute approximate surface area is 224 Å². The van der Waals surface area contributed by atoms with Crippen LogP contribution in [0, 0.1) is 0 Å². The van der Waals surface area contributed by atoms with E-state index in [1.54, 1.807) is 24.3 Å². The predicted molar refractivity (Wildman–Crippen MR) is 141 cm³/mol. The Balaban J connectivity index is 1.61. The van der Waals surface area contributed by atoms with E-state index in [-0.39, 0.29) is 34.1 Å². The molecule has 0 aliphatic rings. The van der Waals surface area contributed by atoms with Gasteiger partial charge in [0.2, 0.25) is 0 Å². The van der Waals surface area contributed by atoms with Gasteiger partial charge in [-0.2, -0.15) is 0 Å². The number of ether oxygens (including phenoxy) is 2. The molecule has 0 spiro atoms. The molecule has 5 rings (SSSR count). The van der Waals surface area contributed by atoms with E-state index >= 15 is 0 Å². The highest BCUT2D eigenvalue weighted by molar-refractivity contribution is 6.43. The molecule has 0 aliphatic heterocycles. The summed E-state index contributed by atoms with van der Waals surface area (Å²) in [5, 5.41) is 41.3. The first-order valence-electron chi connectivity index (χ1n) is 10.9. The molecule has 0 heterocycles. The van der Waals surface area contributed by atoms with Crippen LogP contribution in [0.2, 0.25) is 10.0 Å². The summed E-state index contributed by atoms with van der Waals surface area (Å²) in [5.74, 6) is -3.11. The Morgan fingerprint density at radius 1 is 0.526 bits per heavy atom. The van der Waals surface area contributed by atoms with Crippen molar-refractivity contribution in [1.29, 1.82) is 0 Å². The molecule has 10 heteroatoms. The van der Waals surface area contributed by atoms with Crippen LogP contribution in [0.3, 0.4) is 0 Å². The average Bonchev–Trinajstić information content (AvgIpc) is 2.88. The zero-order chi connectivity index (χ0) is 27.1. The Morgan fingerprint density at radius 2 is 0.921 bits per heavy atom. The van der Waals surface area contributed by atoms with Crippen LogP contribution in [-0.4, -0.2) is 32.4 Å². The van der Waals surface area contributed by atoms with Crippen molar-refractivity contribution < 1.29 is 39.5 Å². The maximum atomic E-state index is 12.8. The molecule has 0 saturated heterocycles. The summed E-state index contributed by atoms with van der Waals surface area (Å²) in [6.07, 6.45) is 0. The Kier molecular flexibility index (Phi) is 6.36. The van der Waals surface area contributed by atoms with E-state index in [2.05, 4.69) is 0 Å². The zero-order valence-corrected chi connectivity index (χ0v) is 20.6. The van der Waals surface area contributed by atoms with Crippen LogP contribution in [0.5, 0.6) is 34.5 Å². The summed E-state index contributed by atoms with van der Waals surface area (Å²) in [5.41, 5.74) is -0.0154. The first-order valence-corrected chi connectivity index (χ1v) is 11.7. The molecule has 0 unspecified atom stereocenters. The summed E-state index contributed by atoms with van der Waals surface area (Å²) < 4.78 is 11.2.